The highest BCUT2D eigenvalue weighted by atomic mass is 16.5. The van der Waals surface area contributed by atoms with Crippen molar-refractivity contribution in [2.45, 2.75) is 32.4 Å². The fraction of sp³-hybridized carbons (Fsp3) is 0.700. The van der Waals surface area contributed by atoms with Crippen LogP contribution >= 0.6 is 0 Å². The van der Waals surface area contributed by atoms with Gasteiger partial charge in [-0.05, 0) is 19.3 Å². The molecule has 0 amide bonds. The van der Waals surface area contributed by atoms with Gasteiger partial charge in [0.25, 0.3) is 0 Å². The summed E-state index contributed by atoms with van der Waals surface area (Å²) in [6.45, 7) is 3.76. The maximum absolute atomic E-state index is 5.92. The molecule has 0 aromatic carbocycles. The van der Waals surface area contributed by atoms with Crippen LogP contribution in [0.2, 0.25) is 0 Å². The van der Waals surface area contributed by atoms with E-state index < -0.39 is 0 Å². The number of imidazole rings is 1. The summed E-state index contributed by atoms with van der Waals surface area (Å²) in [5.41, 5.74) is 5.92. The molecule has 14 heavy (non-hydrogen) atoms. The zero-order valence-electron chi connectivity index (χ0n) is 8.72. The number of hydrogen-bond donors (Lipinski definition) is 1. The maximum Gasteiger partial charge on any atom is 0.0959 e. The van der Waals surface area contributed by atoms with Gasteiger partial charge in [-0.25, -0.2) is 4.98 Å². The monoisotopic (exact) mass is 197 g/mol. The molecule has 1 aromatic rings. The third-order valence-corrected chi connectivity index (χ3v) is 2.04. The van der Waals surface area contributed by atoms with Crippen molar-refractivity contribution >= 4 is 0 Å². The first-order chi connectivity index (χ1) is 6.84. The normalized spacial score (nSPS) is 13.0. The fourth-order valence-corrected chi connectivity index (χ4v) is 1.26. The summed E-state index contributed by atoms with van der Waals surface area (Å²) in [6.07, 6.45) is 8.41. The number of ether oxygens (including phenoxy) is 1. The number of rotatable bonds is 7. The summed E-state index contributed by atoms with van der Waals surface area (Å²) in [5.74, 6) is 0. The van der Waals surface area contributed by atoms with Crippen molar-refractivity contribution in [3.05, 3.63) is 18.7 Å². The second kappa shape index (κ2) is 6.56. The molecule has 1 aromatic heterocycles. The van der Waals surface area contributed by atoms with E-state index in [1.165, 1.54) is 0 Å². The van der Waals surface area contributed by atoms with Crippen LogP contribution in [0.1, 0.15) is 32.4 Å². The van der Waals surface area contributed by atoms with Gasteiger partial charge < -0.3 is 15.0 Å². The van der Waals surface area contributed by atoms with Crippen LogP contribution < -0.4 is 5.73 Å². The molecule has 0 saturated carbocycles. The molecule has 0 radical (unpaired) electrons. The molecule has 0 saturated heterocycles. The van der Waals surface area contributed by atoms with Gasteiger partial charge in [0.2, 0.25) is 0 Å². The molecule has 4 heteroatoms. The molecular formula is C10H19N3O. The van der Waals surface area contributed by atoms with Crippen LogP contribution in [0.3, 0.4) is 0 Å². The van der Waals surface area contributed by atoms with Crippen molar-refractivity contribution in [2.24, 2.45) is 5.73 Å². The Bertz CT molecular complexity index is 223. The minimum Gasteiger partial charge on any atom is -0.381 e. The van der Waals surface area contributed by atoms with Crippen LogP contribution in [-0.2, 0) is 4.74 Å². The lowest BCUT2D eigenvalue weighted by molar-refractivity contribution is 0.128. The molecule has 80 valence electrons. The summed E-state index contributed by atoms with van der Waals surface area (Å²) < 4.78 is 7.29. The van der Waals surface area contributed by atoms with E-state index in [2.05, 4.69) is 11.9 Å². The molecule has 0 bridgehead atoms. The third kappa shape index (κ3) is 3.89. The first-order valence-corrected chi connectivity index (χ1v) is 5.15. The van der Waals surface area contributed by atoms with Crippen LogP contribution in [-0.4, -0.2) is 22.8 Å². The average molecular weight is 197 g/mol. The molecule has 0 spiro atoms. The van der Waals surface area contributed by atoms with E-state index in [0.29, 0.717) is 0 Å². The molecule has 1 heterocycles. The molecular weight excluding hydrogens is 178 g/mol. The van der Waals surface area contributed by atoms with Gasteiger partial charge in [0, 0.05) is 25.6 Å². The Balaban J connectivity index is 2.07. The number of nitrogens with zero attached hydrogens (tertiary/aromatic N) is 2. The zero-order valence-corrected chi connectivity index (χ0v) is 8.72. The van der Waals surface area contributed by atoms with E-state index in [9.17, 15) is 0 Å². The van der Waals surface area contributed by atoms with Crippen molar-refractivity contribution in [2.75, 3.05) is 13.2 Å². The lowest BCUT2D eigenvalue weighted by atomic mass is 10.2. The second-order valence-corrected chi connectivity index (χ2v) is 3.33. The van der Waals surface area contributed by atoms with Gasteiger partial charge in [0.05, 0.1) is 12.5 Å². The van der Waals surface area contributed by atoms with E-state index in [4.69, 9.17) is 10.5 Å². The van der Waals surface area contributed by atoms with Crippen LogP contribution in [0, 0.1) is 0 Å². The summed E-state index contributed by atoms with van der Waals surface area (Å²) in [4.78, 5) is 3.95. The van der Waals surface area contributed by atoms with Gasteiger partial charge in [0.1, 0.15) is 0 Å². The van der Waals surface area contributed by atoms with E-state index in [1.54, 1.807) is 12.5 Å². The highest BCUT2D eigenvalue weighted by molar-refractivity contribution is 4.77. The quantitative estimate of drug-likeness (QED) is 0.675. The Morgan fingerprint density at radius 2 is 2.36 bits per heavy atom. The summed E-state index contributed by atoms with van der Waals surface area (Å²) >= 11 is 0. The Morgan fingerprint density at radius 3 is 3.00 bits per heavy atom. The number of hydrogen-bond acceptors (Lipinski definition) is 3. The molecule has 0 aliphatic heterocycles. The van der Waals surface area contributed by atoms with E-state index in [0.717, 1.165) is 32.5 Å². The van der Waals surface area contributed by atoms with Crippen molar-refractivity contribution in [1.29, 1.82) is 0 Å². The standard InChI is InChI=1S/C10H19N3O/c1-2-7-14-8-3-4-10(11)13-6-5-12-9-13/h5-6,9-10H,2-4,7-8,11H2,1H3. The predicted octanol–water partition coefficient (Wildman–Crippen LogP) is 1.55. The van der Waals surface area contributed by atoms with Crippen molar-refractivity contribution in [3.8, 4) is 0 Å². The minimum atomic E-state index is 0.0303. The molecule has 4 nitrogen and oxygen atoms in total. The molecule has 0 fully saturated rings. The van der Waals surface area contributed by atoms with Gasteiger partial charge in [-0.2, -0.15) is 0 Å². The Hall–Kier alpha value is -0.870. The van der Waals surface area contributed by atoms with Crippen LogP contribution in [0.15, 0.2) is 18.7 Å². The maximum atomic E-state index is 5.92. The van der Waals surface area contributed by atoms with Crippen molar-refractivity contribution < 1.29 is 4.74 Å². The molecule has 1 unspecified atom stereocenters. The highest BCUT2D eigenvalue weighted by Gasteiger charge is 2.02. The summed E-state index contributed by atoms with van der Waals surface area (Å²) in [7, 11) is 0. The van der Waals surface area contributed by atoms with Gasteiger partial charge in [-0.1, -0.05) is 6.92 Å². The van der Waals surface area contributed by atoms with E-state index >= 15 is 0 Å². The largest absolute Gasteiger partial charge is 0.381 e. The average Bonchev–Trinajstić information content (AvgIpc) is 2.70. The molecule has 1 rings (SSSR count). The molecule has 0 aliphatic rings. The van der Waals surface area contributed by atoms with Gasteiger partial charge in [0.15, 0.2) is 0 Å². The summed E-state index contributed by atoms with van der Waals surface area (Å²) in [6, 6.07) is 0. The van der Waals surface area contributed by atoms with Gasteiger partial charge in [-0.15, -0.1) is 0 Å². The number of nitrogens with two attached hydrogens (primary N) is 1. The van der Waals surface area contributed by atoms with Gasteiger partial charge >= 0.3 is 0 Å². The van der Waals surface area contributed by atoms with Crippen molar-refractivity contribution in [3.63, 3.8) is 0 Å². The van der Waals surface area contributed by atoms with E-state index in [-0.39, 0.29) is 6.17 Å². The van der Waals surface area contributed by atoms with Crippen LogP contribution in [0.25, 0.3) is 0 Å². The fourth-order valence-electron chi connectivity index (χ4n) is 1.26. The lowest BCUT2D eigenvalue weighted by Gasteiger charge is -2.12. The first kappa shape index (κ1) is 11.2. The molecule has 1 atom stereocenters. The zero-order chi connectivity index (χ0) is 10.2. The number of aromatic nitrogens is 2. The smallest absolute Gasteiger partial charge is 0.0959 e. The molecule has 0 aliphatic carbocycles. The minimum absolute atomic E-state index is 0.0303. The van der Waals surface area contributed by atoms with E-state index in [1.807, 2.05) is 10.8 Å². The second-order valence-electron chi connectivity index (χ2n) is 3.33. The first-order valence-electron chi connectivity index (χ1n) is 5.15. The molecule has 2 N–H and O–H groups in total. The lowest BCUT2D eigenvalue weighted by Crippen LogP contribution is -2.17. The SMILES string of the molecule is CCCOCCCC(N)n1ccnc1. The van der Waals surface area contributed by atoms with Gasteiger partial charge in [-0.3, -0.25) is 0 Å². The summed E-state index contributed by atoms with van der Waals surface area (Å²) in [5, 5.41) is 0. The Labute approximate surface area is 85.1 Å². The van der Waals surface area contributed by atoms with Crippen LogP contribution in [0.4, 0.5) is 0 Å². The topological polar surface area (TPSA) is 53.1 Å². The predicted molar refractivity (Wildman–Crippen MR) is 55.8 cm³/mol. The van der Waals surface area contributed by atoms with Crippen molar-refractivity contribution in [1.82, 2.24) is 9.55 Å². The third-order valence-electron chi connectivity index (χ3n) is 2.04. The Kier molecular flexibility index (Phi) is 5.25. The Morgan fingerprint density at radius 1 is 1.50 bits per heavy atom. The van der Waals surface area contributed by atoms with Crippen LogP contribution in [0.5, 0.6) is 0 Å². The highest BCUT2D eigenvalue weighted by Crippen LogP contribution is 2.06.